The largest absolute Gasteiger partial charge is 0.481 e. The first kappa shape index (κ1) is 14.8. The summed E-state index contributed by atoms with van der Waals surface area (Å²) >= 11 is 0. The van der Waals surface area contributed by atoms with Gasteiger partial charge < -0.3 is 14.6 Å². The second-order valence-electron chi connectivity index (χ2n) is 5.76. The lowest BCUT2D eigenvalue weighted by molar-refractivity contribution is -0.143. The molecule has 0 bridgehead atoms. The molecule has 3 rings (SSSR count). The Morgan fingerprint density at radius 3 is 2.59 bits per heavy atom. The van der Waals surface area contributed by atoms with Crippen molar-refractivity contribution >= 4 is 11.8 Å². The van der Waals surface area contributed by atoms with E-state index in [0.29, 0.717) is 43.0 Å². The lowest BCUT2D eigenvalue weighted by Crippen LogP contribution is -2.45. The molecule has 0 aliphatic carbocycles. The molecule has 6 heteroatoms. The van der Waals surface area contributed by atoms with Gasteiger partial charge in [-0.3, -0.25) is 14.5 Å². The third kappa shape index (κ3) is 2.78. The van der Waals surface area contributed by atoms with Crippen LogP contribution < -0.4 is 9.47 Å². The first-order valence-electron chi connectivity index (χ1n) is 7.47. The van der Waals surface area contributed by atoms with E-state index in [1.165, 1.54) is 0 Å². The first-order chi connectivity index (χ1) is 10.6. The molecule has 1 unspecified atom stereocenters. The number of carboxylic acids is 1. The Labute approximate surface area is 128 Å². The van der Waals surface area contributed by atoms with Gasteiger partial charge in [0, 0.05) is 5.56 Å². The van der Waals surface area contributed by atoms with Gasteiger partial charge in [0.05, 0.1) is 12.0 Å². The quantitative estimate of drug-likeness (QED) is 0.855. The second kappa shape index (κ2) is 5.96. The van der Waals surface area contributed by atoms with Crippen LogP contribution in [0.25, 0.3) is 0 Å². The molecule has 0 saturated carbocycles. The molecule has 1 aromatic carbocycles. The predicted molar refractivity (Wildman–Crippen MR) is 78.3 cm³/mol. The molecule has 6 nitrogen and oxygen atoms in total. The Kier molecular flexibility index (Phi) is 4.02. The number of benzene rings is 1. The fraction of sp³-hybridized carbons (Fsp3) is 0.500. The van der Waals surface area contributed by atoms with Crippen molar-refractivity contribution in [3.05, 3.63) is 23.8 Å². The molecule has 1 fully saturated rings. The van der Waals surface area contributed by atoms with E-state index in [1.54, 1.807) is 18.2 Å². The third-order valence-electron chi connectivity index (χ3n) is 4.46. The molecule has 1 N–H and O–H groups in total. The molecular weight excluding hydrogens is 286 g/mol. The monoisotopic (exact) mass is 305 g/mol. The highest BCUT2D eigenvalue weighted by atomic mass is 16.7. The van der Waals surface area contributed by atoms with Crippen LogP contribution >= 0.6 is 0 Å². The molecular formula is C16H19NO5. The number of likely N-dealkylation sites (tertiary alicyclic amines) is 1. The molecule has 2 aliphatic heterocycles. The lowest BCUT2D eigenvalue weighted by atomic mass is 9.94. The summed E-state index contributed by atoms with van der Waals surface area (Å²) in [5.41, 5.74) is 0.595. The van der Waals surface area contributed by atoms with Crippen LogP contribution in [0, 0.1) is 5.92 Å². The van der Waals surface area contributed by atoms with E-state index in [1.807, 2.05) is 11.8 Å². The number of piperidine rings is 1. The smallest absolute Gasteiger partial charge is 0.306 e. The molecule has 0 aromatic heterocycles. The van der Waals surface area contributed by atoms with Crippen molar-refractivity contribution in [2.24, 2.45) is 5.92 Å². The SMILES string of the molecule is CC(C(=O)c1ccc2c(c1)OCO2)N1CCC(C(=O)O)CC1. The van der Waals surface area contributed by atoms with E-state index in [-0.39, 0.29) is 24.5 Å². The number of aliphatic carboxylic acids is 1. The number of ketones is 1. The Morgan fingerprint density at radius 1 is 1.23 bits per heavy atom. The van der Waals surface area contributed by atoms with Gasteiger partial charge >= 0.3 is 5.97 Å². The van der Waals surface area contributed by atoms with Crippen LogP contribution in [0.5, 0.6) is 11.5 Å². The van der Waals surface area contributed by atoms with Gasteiger partial charge in [0.15, 0.2) is 17.3 Å². The van der Waals surface area contributed by atoms with E-state index in [2.05, 4.69) is 0 Å². The maximum Gasteiger partial charge on any atom is 0.306 e. The van der Waals surface area contributed by atoms with Crippen LogP contribution in [-0.2, 0) is 4.79 Å². The standard InChI is InChI=1S/C16H19NO5/c1-10(17-6-4-11(5-7-17)16(19)20)15(18)12-2-3-13-14(8-12)22-9-21-13/h2-3,8,10-11H,4-7,9H2,1H3,(H,19,20). The summed E-state index contributed by atoms with van der Waals surface area (Å²) in [6.45, 7) is 3.32. The number of hydrogen-bond donors (Lipinski definition) is 1. The van der Waals surface area contributed by atoms with Crippen LogP contribution in [0.4, 0.5) is 0 Å². The Balaban J connectivity index is 1.66. The highest BCUT2D eigenvalue weighted by Gasteiger charge is 2.30. The Bertz CT molecular complexity index is 592. The molecule has 118 valence electrons. The van der Waals surface area contributed by atoms with Gasteiger partial charge in [-0.25, -0.2) is 0 Å². The average Bonchev–Trinajstić information content (AvgIpc) is 3.01. The Hall–Kier alpha value is -2.08. The van der Waals surface area contributed by atoms with Crippen LogP contribution in [0.1, 0.15) is 30.1 Å². The van der Waals surface area contributed by atoms with Gasteiger partial charge in [-0.2, -0.15) is 0 Å². The molecule has 1 saturated heterocycles. The number of hydrogen-bond acceptors (Lipinski definition) is 5. The lowest BCUT2D eigenvalue weighted by Gasteiger charge is -2.33. The molecule has 0 spiro atoms. The van der Waals surface area contributed by atoms with Crippen LogP contribution in [0.2, 0.25) is 0 Å². The summed E-state index contributed by atoms with van der Waals surface area (Å²) in [6, 6.07) is 4.94. The highest BCUT2D eigenvalue weighted by Crippen LogP contribution is 2.33. The zero-order valence-electron chi connectivity index (χ0n) is 12.4. The second-order valence-corrected chi connectivity index (χ2v) is 5.76. The number of ether oxygens (including phenoxy) is 2. The van der Waals surface area contributed by atoms with Crippen LogP contribution in [0.3, 0.4) is 0 Å². The van der Waals surface area contributed by atoms with E-state index >= 15 is 0 Å². The molecule has 0 amide bonds. The van der Waals surface area contributed by atoms with E-state index < -0.39 is 5.97 Å². The van der Waals surface area contributed by atoms with Crippen molar-refractivity contribution in [1.82, 2.24) is 4.90 Å². The van der Waals surface area contributed by atoms with Crippen molar-refractivity contribution in [3.8, 4) is 11.5 Å². The van der Waals surface area contributed by atoms with E-state index in [0.717, 1.165) is 0 Å². The topological polar surface area (TPSA) is 76.1 Å². The van der Waals surface area contributed by atoms with Crippen molar-refractivity contribution < 1.29 is 24.2 Å². The highest BCUT2D eigenvalue weighted by molar-refractivity contribution is 6.00. The zero-order chi connectivity index (χ0) is 15.7. The molecule has 22 heavy (non-hydrogen) atoms. The number of carbonyl (C=O) groups is 2. The van der Waals surface area contributed by atoms with Gasteiger partial charge in [-0.05, 0) is 51.1 Å². The maximum absolute atomic E-state index is 12.6. The summed E-state index contributed by atoms with van der Waals surface area (Å²) in [7, 11) is 0. The minimum atomic E-state index is -0.741. The van der Waals surface area contributed by atoms with Crippen molar-refractivity contribution in [3.63, 3.8) is 0 Å². The third-order valence-corrected chi connectivity index (χ3v) is 4.46. The molecule has 1 atom stereocenters. The zero-order valence-corrected chi connectivity index (χ0v) is 12.4. The van der Waals surface area contributed by atoms with Gasteiger partial charge in [0.1, 0.15) is 0 Å². The number of carboxylic acid groups (broad SMARTS) is 1. The van der Waals surface area contributed by atoms with E-state index in [4.69, 9.17) is 14.6 Å². The van der Waals surface area contributed by atoms with Gasteiger partial charge in [-0.15, -0.1) is 0 Å². The van der Waals surface area contributed by atoms with E-state index in [9.17, 15) is 9.59 Å². The number of Topliss-reactive ketones (excluding diaryl/α,β-unsaturated/α-hetero) is 1. The summed E-state index contributed by atoms with van der Waals surface area (Å²) in [4.78, 5) is 25.6. The van der Waals surface area contributed by atoms with Crippen molar-refractivity contribution in [1.29, 1.82) is 0 Å². The number of nitrogens with zero attached hydrogens (tertiary/aromatic N) is 1. The van der Waals surface area contributed by atoms with Crippen molar-refractivity contribution in [2.75, 3.05) is 19.9 Å². The molecule has 1 aromatic rings. The van der Waals surface area contributed by atoms with Crippen LogP contribution in [0.15, 0.2) is 18.2 Å². The van der Waals surface area contributed by atoms with Gasteiger partial charge in [0.25, 0.3) is 0 Å². The fourth-order valence-electron chi connectivity index (χ4n) is 2.99. The minimum absolute atomic E-state index is 0.0204. The molecule has 0 radical (unpaired) electrons. The average molecular weight is 305 g/mol. The summed E-state index contributed by atoms with van der Waals surface area (Å²) in [5.74, 6) is 0.250. The molecule has 2 aliphatic rings. The summed E-state index contributed by atoms with van der Waals surface area (Å²) in [5, 5.41) is 9.03. The first-order valence-corrected chi connectivity index (χ1v) is 7.47. The fourth-order valence-corrected chi connectivity index (χ4v) is 2.99. The van der Waals surface area contributed by atoms with Crippen molar-refractivity contribution in [2.45, 2.75) is 25.8 Å². The maximum atomic E-state index is 12.6. The predicted octanol–water partition coefficient (Wildman–Crippen LogP) is 1.78. The number of fused-ring (bicyclic) bond motifs is 1. The Morgan fingerprint density at radius 2 is 1.91 bits per heavy atom. The van der Waals surface area contributed by atoms with Crippen LogP contribution in [-0.4, -0.2) is 47.7 Å². The minimum Gasteiger partial charge on any atom is -0.481 e. The number of rotatable bonds is 4. The summed E-state index contributed by atoms with van der Waals surface area (Å²) < 4.78 is 10.5. The van der Waals surface area contributed by atoms with Gasteiger partial charge in [0.2, 0.25) is 6.79 Å². The molecule has 2 heterocycles. The summed E-state index contributed by atoms with van der Waals surface area (Å²) in [6.07, 6.45) is 1.18. The number of carbonyl (C=O) groups excluding carboxylic acids is 1. The normalized spacial score (nSPS) is 19.9. The van der Waals surface area contributed by atoms with Gasteiger partial charge in [-0.1, -0.05) is 0 Å².